The molecule has 0 aliphatic carbocycles. The van der Waals surface area contributed by atoms with Gasteiger partial charge in [0.25, 0.3) is 0 Å². The SMILES string of the molecule is N#CC(CBr)c1ccncc1Cl. The van der Waals surface area contributed by atoms with Crippen molar-refractivity contribution in [1.29, 1.82) is 5.26 Å². The van der Waals surface area contributed by atoms with E-state index in [1.807, 2.05) is 0 Å². The van der Waals surface area contributed by atoms with Gasteiger partial charge >= 0.3 is 0 Å². The zero-order valence-electron chi connectivity index (χ0n) is 6.17. The van der Waals surface area contributed by atoms with E-state index < -0.39 is 0 Å². The van der Waals surface area contributed by atoms with E-state index in [0.29, 0.717) is 10.4 Å². The molecule has 0 saturated heterocycles. The van der Waals surface area contributed by atoms with Crippen molar-refractivity contribution in [3.63, 3.8) is 0 Å². The van der Waals surface area contributed by atoms with Gasteiger partial charge in [-0.15, -0.1) is 0 Å². The maximum Gasteiger partial charge on any atom is 0.0824 e. The molecule has 0 bridgehead atoms. The second-order valence-electron chi connectivity index (χ2n) is 2.23. The maximum atomic E-state index is 8.74. The summed E-state index contributed by atoms with van der Waals surface area (Å²) in [5.41, 5.74) is 0.825. The molecule has 0 spiro atoms. The summed E-state index contributed by atoms with van der Waals surface area (Å²) in [6.07, 6.45) is 3.18. The Kier molecular flexibility index (Phi) is 3.51. The maximum absolute atomic E-state index is 8.74. The molecule has 1 rings (SSSR count). The summed E-state index contributed by atoms with van der Waals surface area (Å²) in [5.74, 6) is -0.194. The predicted molar refractivity (Wildman–Crippen MR) is 51.4 cm³/mol. The summed E-state index contributed by atoms with van der Waals surface area (Å²) in [4.78, 5) is 3.84. The Bertz CT molecular complexity index is 308. The number of halogens is 2. The van der Waals surface area contributed by atoms with Gasteiger partial charge in [0.1, 0.15) is 0 Å². The molecular weight excluding hydrogens is 239 g/mol. The van der Waals surface area contributed by atoms with E-state index in [9.17, 15) is 0 Å². The average molecular weight is 246 g/mol. The van der Waals surface area contributed by atoms with Gasteiger partial charge in [-0.1, -0.05) is 27.5 Å². The van der Waals surface area contributed by atoms with Crippen LogP contribution in [0.5, 0.6) is 0 Å². The number of hydrogen-bond donors (Lipinski definition) is 0. The molecule has 1 heterocycles. The van der Waals surface area contributed by atoms with E-state index in [-0.39, 0.29) is 5.92 Å². The van der Waals surface area contributed by atoms with Crippen LogP contribution in [0.3, 0.4) is 0 Å². The summed E-state index contributed by atoms with van der Waals surface area (Å²) >= 11 is 9.09. The fourth-order valence-corrected chi connectivity index (χ4v) is 1.60. The molecule has 0 aliphatic rings. The van der Waals surface area contributed by atoms with Gasteiger partial charge in [0.2, 0.25) is 0 Å². The number of nitriles is 1. The Balaban J connectivity index is 3.02. The second kappa shape index (κ2) is 4.44. The Hall–Kier alpha value is -0.590. The fourth-order valence-electron chi connectivity index (χ4n) is 0.856. The fraction of sp³-hybridized carbons (Fsp3) is 0.250. The molecule has 0 amide bonds. The third-order valence-electron chi connectivity index (χ3n) is 1.49. The van der Waals surface area contributed by atoms with Crippen LogP contribution in [0, 0.1) is 11.3 Å². The van der Waals surface area contributed by atoms with E-state index in [1.165, 1.54) is 0 Å². The highest BCUT2D eigenvalue weighted by atomic mass is 79.9. The van der Waals surface area contributed by atoms with Gasteiger partial charge in [-0.25, -0.2) is 0 Å². The van der Waals surface area contributed by atoms with E-state index in [0.717, 1.165) is 5.56 Å². The molecular formula is C8H6BrClN2. The summed E-state index contributed by atoms with van der Waals surface area (Å²) in [6.45, 7) is 0. The van der Waals surface area contributed by atoms with Gasteiger partial charge in [-0.2, -0.15) is 5.26 Å². The molecule has 1 aromatic heterocycles. The quantitative estimate of drug-likeness (QED) is 0.751. The summed E-state index contributed by atoms with van der Waals surface area (Å²) in [5, 5.41) is 9.88. The first-order chi connectivity index (χ1) is 5.79. The Morgan fingerprint density at radius 1 is 1.75 bits per heavy atom. The molecule has 0 N–H and O–H groups in total. The minimum absolute atomic E-state index is 0.194. The lowest BCUT2D eigenvalue weighted by Crippen LogP contribution is -1.97. The number of aromatic nitrogens is 1. The highest BCUT2D eigenvalue weighted by Crippen LogP contribution is 2.24. The lowest BCUT2D eigenvalue weighted by atomic mass is 10.1. The minimum Gasteiger partial charge on any atom is -0.263 e. The van der Waals surface area contributed by atoms with Gasteiger partial charge in [0.05, 0.1) is 17.0 Å². The minimum atomic E-state index is -0.194. The van der Waals surface area contributed by atoms with Crippen LogP contribution in [0.2, 0.25) is 5.02 Å². The lowest BCUT2D eigenvalue weighted by Gasteiger charge is -2.05. The van der Waals surface area contributed by atoms with Gasteiger partial charge in [0.15, 0.2) is 0 Å². The number of rotatable bonds is 2. The summed E-state index contributed by atoms with van der Waals surface area (Å²) < 4.78 is 0. The third-order valence-corrected chi connectivity index (χ3v) is 2.45. The van der Waals surface area contributed by atoms with Crippen LogP contribution >= 0.6 is 27.5 Å². The zero-order valence-corrected chi connectivity index (χ0v) is 8.51. The first kappa shape index (κ1) is 9.50. The van der Waals surface area contributed by atoms with Crippen molar-refractivity contribution >= 4 is 27.5 Å². The van der Waals surface area contributed by atoms with Gasteiger partial charge in [-0.05, 0) is 11.6 Å². The van der Waals surface area contributed by atoms with Crippen molar-refractivity contribution in [2.75, 3.05) is 5.33 Å². The smallest absolute Gasteiger partial charge is 0.0824 e. The van der Waals surface area contributed by atoms with Crippen molar-refractivity contribution < 1.29 is 0 Å². The summed E-state index contributed by atoms with van der Waals surface area (Å²) in [6, 6.07) is 3.91. The number of alkyl halides is 1. The standard InChI is InChI=1S/C8H6BrClN2/c9-3-6(4-11)7-1-2-12-5-8(7)10/h1-2,5-6H,3H2. The van der Waals surface area contributed by atoms with Crippen LogP contribution in [0.15, 0.2) is 18.5 Å². The van der Waals surface area contributed by atoms with Gasteiger partial charge in [-0.3, -0.25) is 4.98 Å². The van der Waals surface area contributed by atoms with Crippen LogP contribution in [-0.4, -0.2) is 10.3 Å². The van der Waals surface area contributed by atoms with Crippen molar-refractivity contribution in [2.45, 2.75) is 5.92 Å². The molecule has 1 aromatic rings. The first-order valence-corrected chi connectivity index (χ1v) is 4.84. The van der Waals surface area contributed by atoms with Crippen LogP contribution in [0.1, 0.15) is 11.5 Å². The predicted octanol–water partition coefficient (Wildman–Crippen LogP) is 2.74. The molecule has 62 valence electrons. The molecule has 12 heavy (non-hydrogen) atoms. The van der Waals surface area contributed by atoms with E-state index in [1.54, 1.807) is 18.5 Å². The number of pyridine rings is 1. The Morgan fingerprint density at radius 2 is 2.50 bits per heavy atom. The highest BCUT2D eigenvalue weighted by Gasteiger charge is 2.11. The Labute approximate surface area is 84.3 Å². The largest absolute Gasteiger partial charge is 0.263 e. The molecule has 0 aromatic carbocycles. The molecule has 0 radical (unpaired) electrons. The topological polar surface area (TPSA) is 36.7 Å². The molecule has 0 fully saturated rings. The monoisotopic (exact) mass is 244 g/mol. The number of nitrogens with zero attached hydrogens (tertiary/aromatic N) is 2. The average Bonchev–Trinajstić information content (AvgIpc) is 2.10. The zero-order chi connectivity index (χ0) is 8.97. The molecule has 0 aliphatic heterocycles. The van der Waals surface area contributed by atoms with E-state index in [4.69, 9.17) is 16.9 Å². The van der Waals surface area contributed by atoms with Crippen LogP contribution in [0.25, 0.3) is 0 Å². The molecule has 1 atom stereocenters. The van der Waals surface area contributed by atoms with Crippen molar-refractivity contribution in [2.24, 2.45) is 0 Å². The van der Waals surface area contributed by atoms with Crippen molar-refractivity contribution in [1.82, 2.24) is 4.98 Å². The van der Waals surface area contributed by atoms with Crippen LogP contribution in [0.4, 0.5) is 0 Å². The third kappa shape index (κ3) is 1.96. The van der Waals surface area contributed by atoms with E-state index in [2.05, 4.69) is 27.0 Å². The van der Waals surface area contributed by atoms with Gasteiger partial charge < -0.3 is 0 Å². The van der Waals surface area contributed by atoms with Crippen LogP contribution < -0.4 is 0 Å². The number of hydrogen-bond acceptors (Lipinski definition) is 2. The highest BCUT2D eigenvalue weighted by molar-refractivity contribution is 9.09. The lowest BCUT2D eigenvalue weighted by molar-refractivity contribution is 0.997. The molecule has 2 nitrogen and oxygen atoms in total. The second-order valence-corrected chi connectivity index (χ2v) is 3.29. The van der Waals surface area contributed by atoms with E-state index >= 15 is 0 Å². The van der Waals surface area contributed by atoms with Crippen molar-refractivity contribution in [3.05, 3.63) is 29.0 Å². The Morgan fingerprint density at radius 3 is 3.00 bits per heavy atom. The van der Waals surface area contributed by atoms with Crippen molar-refractivity contribution in [3.8, 4) is 6.07 Å². The first-order valence-electron chi connectivity index (χ1n) is 3.34. The van der Waals surface area contributed by atoms with Gasteiger partial charge in [0, 0.05) is 17.7 Å². The molecule has 0 saturated carbocycles. The molecule has 1 unspecified atom stereocenters. The summed E-state index contributed by atoms with van der Waals surface area (Å²) in [7, 11) is 0. The normalized spacial score (nSPS) is 12.1. The molecule has 4 heteroatoms. The van der Waals surface area contributed by atoms with Crippen LogP contribution in [-0.2, 0) is 0 Å².